The lowest BCUT2D eigenvalue weighted by Crippen LogP contribution is -2.03. The molecule has 0 radical (unpaired) electrons. The second-order valence-corrected chi connectivity index (χ2v) is 4.90. The van der Waals surface area contributed by atoms with Gasteiger partial charge in [0.05, 0.1) is 24.2 Å². The molecule has 5 nitrogen and oxygen atoms in total. The van der Waals surface area contributed by atoms with Crippen LogP contribution in [0, 0.1) is 5.82 Å². The van der Waals surface area contributed by atoms with E-state index < -0.39 is 0 Å². The highest BCUT2D eigenvalue weighted by atomic mass is 19.1. The summed E-state index contributed by atoms with van der Waals surface area (Å²) in [6.45, 7) is 4.02. The number of ether oxygens (including phenoxy) is 1. The first kappa shape index (κ1) is 14.2. The molecule has 3 N–H and O–H groups in total. The fraction of sp³-hybridized carbons (Fsp3) is 0.357. The number of aromatic nitrogens is 2. The van der Waals surface area contributed by atoms with Gasteiger partial charge in [0.2, 0.25) is 0 Å². The second-order valence-electron chi connectivity index (χ2n) is 4.90. The zero-order valence-corrected chi connectivity index (χ0v) is 12.1. The molecule has 2 rings (SSSR count). The average Bonchev–Trinajstić information content (AvgIpc) is 2.69. The molecule has 2 aromatic rings. The van der Waals surface area contributed by atoms with E-state index >= 15 is 0 Å². The number of rotatable bonds is 4. The molecule has 0 atom stereocenters. The van der Waals surface area contributed by atoms with Crippen molar-refractivity contribution in [3.05, 3.63) is 29.7 Å². The van der Waals surface area contributed by atoms with E-state index in [-0.39, 0.29) is 11.7 Å². The number of methoxy groups -OCH3 is 1. The van der Waals surface area contributed by atoms with Crippen molar-refractivity contribution in [2.75, 3.05) is 18.2 Å². The van der Waals surface area contributed by atoms with Gasteiger partial charge >= 0.3 is 0 Å². The Balaban J connectivity index is 2.40. The quantitative estimate of drug-likeness (QED) is 0.902. The molecule has 0 aliphatic rings. The lowest BCUT2D eigenvalue weighted by molar-refractivity contribution is 0.414. The van der Waals surface area contributed by atoms with Gasteiger partial charge in [-0.1, -0.05) is 13.8 Å². The van der Waals surface area contributed by atoms with Gasteiger partial charge in [-0.15, -0.1) is 0 Å². The Bertz CT molecular complexity index is 622. The highest BCUT2D eigenvalue weighted by molar-refractivity contribution is 5.72. The van der Waals surface area contributed by atoms with Crippen molar-refractivity contribution < 1.29 is 9.13 Å². The predicted octanol–water partition coefficient (Wildman–Crippen LogP) is 3.02. The summed E-state index contributed by atoms with van der Waals surface area (Å²) in [5, 5.41) is 7.33. The fourth-order valence-electron chi connectivity index (χ4n) is 1.99. The highest BCUT2D eigenvalue weighted by Gasteiger charge is 2.17. The van der Waals surface area contributed by atoms with Gasteiger partial charge in [0.1, 0.15) is 11.6 Å². The molecule has 0 aliphatic heterocycles. The van der Waals surface area contributed by atoms with E-state index in [0.29, 0.717) is 22.9 Å². The van der Waals surface area contributed by atoms with Crippen LogP contribution in [0.2, 0.25) is 0 Å². The highest BCUT2D eigenvalue weighted by Crippen LogP contribution is 2.32. The average molecular weight is 278 g/mol. The molecule has 1 heterocycles. The number of nitrogens with two attached hydrogens (primary N) is 1. The number of nitrogen functional groups attached to an aromatic ring is 1. The van der Waals surface area contributed by atoms with Gasteiger partial charge in [-0.25, -0.2) is 4.39 Å². The first-order valence-corrected chi connectivity index (χ1v) is 6.37. The van der Waals surface area contributed by atoms with Gasteiger partial charge in [-0.3, -0.25) is 4.68 Å². The summed E-state index contributed by atoms with van der Waals surface area (Å²) < 4.78 is 20.5. The molecule has 108 valence electrons. The Morgan fingerprint density at radius 2 is 2.10 bits per heavy atom. The summed E-state index contributed by atoms with van der Waals surface area (Å²) in [5.41, 5.74) is 7.70. The number of aryl methyl sites for hydroxylation is 1. The number of nitrogens with zero attached hydrogens (tertiary/aromatic N) is 2. The minimum absolute atomic E-state index is 0.201. The summed E-state index contributed by atoms with van der Waals surface area (Å²) in [6.07, 6.45) is 0. The molecule has 0 spiro atoms. The van der Waals surface area contributed by atoms with Crippen LogP contribution in [0.25, 0.3) is 0 Å². The van der Waals surface area contributed by atoms with Crippen LogP contribution < -0.4 is 15.8 Å². The first-order valence-electron chi connectivity index (χ1n) is 6.37. The maximum atomic E-state index is 13.8. The Kier molecular flexibility index (Phi) is 3.83. The number of hydrogen-bond acceptors (Lipinski definition) is 4. The summed E-state index contributed by atoms with van der Waals surface area (Å²) >= 11 is 0. The molecule has 20 heavy (non-hydrogen) atoms. The van der Waals surface area contributed by atoms with Crippen molar-refractivity contribution in [2.45, 2.75) is 19.8 Å². The smallest absolute Gasteiger partial charge is 0.152 e. The summed E-state index contributed by atoms with van der Waals surface area (Å²) in [7, 11) is 3.30. The van der Waals surface area contributed by atoms with Gasteiger partial charge in [-0.05, 0) is 18.1 Å². The van der Waals surface area contributed by atoms with Gasteiger partial charge in [0, 0.05) is 13.1 Å². The maximum Gasteiger partial charge on any atom is 0.152 e. The molecule has 0 aliphatic carbocycles. The van der Waals surface area contributed by atoms with Crippen LogP contribution in [0.5, 0.6) is 5.75 Å². The molecule has 0 amide bonds. The SMILES string of the molecule is COc1ccc(F)c(Nc2c(N)c(C(C)C)nn2C)c1. The Hall–Kier alpha value is -2.24. The van der Waals surface area contributed by atoms with Crippen molar-refractivity contribution in [3.8, 4) is 5.75 Å². The van der Waals surface area contributed by atoms with Gasteiger partial charge in [-0.2, -0.15) is 5.10 Å². The monoisotopic (exact) mass is 278 g/mol. The number of benzene rings is 1. The van der Waals surface area contributed by atoms with Gasteiger partial charge < -0.3 is 15.8 Å². The first-order chi connectivity index (χ1) is 9.43. The van der Waals surface area contributed by atoms with E-state index in [1.54, 1.807) is 23.9 Å². The van der Waals surface area contributed by atoms with Crippen molar-refractivity contribution >= 4 is 17.2 Å². The third-order valence-corrected chi connectivity index (χ3v) is 3.09. The van der Waals surface area contributed by atoms with Crippen LogP contribution in [-0.4, -0.2) is 16.9 Å². The van der Waals surface area contributed by atoms with Gasteiger partial charge in [0.25, 0.3) is 0 Å². The minimum atomic E-state index is -0.377. The van der Waals surface area contributed by atoms with Crippen LogP contribution in [0.4, 0.5) is 21.6 Å². The van der Waals surface area contributed by atoms with E-state index in [1.165, 1.54) is 13.2 Å². The summed E-state index contributed by atoms with van der Waals surface area (Å²) in [4.78, 5) is 0. The number of nitrogens with one attached hydrogen (secondary N) is 1. The third-order valence-electron chi connectivity index (χ3n) is 3.09. The van der Waals surface area contributed by atoms with Crippen molar-refractivity contribution in [1.82, 2.24) is 9.78 Å². The molecule has 1 aromatic heterocycles. The molecular weight excluding hydrogens is 259 g/mol. The van der Waals surface area contributed by atoms with Gasteiger partial charge in [0.15, 0.2) is 5.82 Å². The van der Waals surface area contributed by atoms with Crippen molar-refractivity contribution in [1.29, 1.82) is 0 Å². The molecular formula is C14H19FN4O. The number of hydrogen-bond donors (Lipinski definition) is 2. The summed E-state index contributed by atoms with van der Waals surface area (Å²) in [5.74, 6) is 0.962. The van der Waals surface area contributed by atoms with E-state index in [2.05, 4.69) is 10.4 Å². The zero-order valence-electron chi connectivity index (χ0n) is 12.1. The normalized spacial score (nSPS) is 10.9. The molecule has 6 heteroatoms. The fourth-order valence-corrected chi connectivity index (χ4v) is 1.99. The minimum Gasteiger partial charge on any atom is -0.497 e. The second kappa shape index (κ2) is 5.40. The molecule has 0 fully saturated rings. The molecule has 0 unspecified atom stereocenters. The molecule has 0 saturated carbocycles. The Labute approximate surface area is 117 Å². The largest absolute Gasteiger partial charge is 0.497 e. The Morgan fingerprint density at radius 3 is 2.65 bits per heavy atom. The lowest BCUT2D eigenvalue weighted by Gasteiger charge is -2.10. The standard InChI is InChI=1S/C14H19FN4O/c1-8(2)13-12(16)14(19(3)18-13)17-11-7-9(20-4)5-6-10(11)15/h5-8,17H,16H2,1-4H3. The summed E-state index contributed by atoms with van der Waals surface area (Å²) in [6, 6.07) is 4.49. The van der Waals surface area contributed by atoms with Crippen molar-refractivity contribution in [2.24, 2.45) is 7.05 Å². The zero-order chi connectivity index (χ0) is 14.9. The number of anilines is 3. The van der Waals surface area contributed by atoms with E-state index in [1.807, 2.05) is 13.8 Å². The van der Waals surface area contributed by atoms with Crippen LogP contribution in [0.15, 0.2) is 18.2 Å². The predicted molar refractivity (Wildman–Crippen MR) is 77.9 cm³/mol. The molecule has 1 aromatic carbocycles. The van der Waals surface area contributed by atoms with E-state index in [0.717, 1.165) is 5.69 Å². The van der Waals surface area contributed by atoms with Crippen LogP contribution in [0.3, 0.4) is 0 Å². The van der Waals surface area contributed by atoms with Crippen LogP contribution in [-0.2, 0) is 7.05 Å². The number of halogens is 1. The van der Waals surface area contributed by atoms with E-state index in [9.17, 15) is 4.39 Å². The van der Waals surface area contributed by atoms with Crippen LogP contribution in [0.1, 0.15) is 25.5 Å². The van der Waals surface area contributed by atoms with E-state index in [4.69, 9.17) is 10.5 Å². The van der Waals surface area contributed by atoms with Crippen molar-refractivity contribution in [3.63, 3.8) is 0 Å². The maximum absolute atomic E-state index is 13.8. The topological polar surface area (TPSA) is 65.1 Å². The third kappa shape index (κ3) is 2.54. The van der Waals surface area contributed by atoms with Crippen LogP contribution >= 0.6 is 0 Å². The molecule has 0 bridgehead atoms. The molecule has 0 saturated heterocycles. The Morgan fingerprint density at radius 1 is 1.40 bits per heavy atom. The lowest BCUT2D eigenvalue weighted by atomic mass is 10.1.